The molecular weight excluding hydrogens is 281 g/mol. The second kappa shape index (κ2) is 6.80. The summed E-state index contributed by atoms with van der Waals surface area (Å²) < 4.78 is 5.73. The van der Waals surface area contributed by atoms with Gasteiger partial charge in [0.2, 0.25) is 0 Å². The fourth-order valence-corrected chi connectivity index (χ4v) is 2.11. The van der Waals surface area contributed by atoms with Crippen molar-refractivity contribution in [3.05, 3.63) is 63.6 Å². The van der Waals surface area contributed by atoms with Gasteiger partial charge in [0, 0.05) is 6.07 Å². The van der Waals surface area contributed by atoms with Gasteiger partial charge in [-0.25, -0.2) is 0 Å². The van der Waals surface area contributed by atoms with Crippen molar-refractivity contribution in [3.8, 4) is 5.75 Å². The quantitative estimate of drug-likeness (QED) is 0.902. The standard InChI is InChI=1S/C15H15Cl2NO/c16-14-6-5-13(9-15(14)17)19-10-12-4-2-1-3-11(12)7-8-18/h1-6,9H,7-8,10,18H2. The minimum absolute atomic E-state index is 0.494. The first-order valence-electron chi connectivity index (χ1n) is 6.05. The zero-order valence-electron chi connectivity index (χ0n) is 10.4. The number of hydrogen-bond acceptors (Lipinski definition) is 2. The summed E-state index contributed by atoms with van der Waals surface area (Å²) in [7, 11) is 0. The van der Waals surface area contributed by atoms with Crippen LogP contribution in [-0.4, -0.2) is 6.54 Å². The minimum atomic E-state index is 0.494. The molecule has 2 nitrogen and oxygen atoms in total. The van der Waals surface area contributed by atoms with E-state index in [9.17, 15) is 0 Å². The third-order valence-electron chi connectivity index (χ3n) is 2.82. The average molecular weight is 296 g/mol. The maximum atomic E-state index is 5.95. The lowest BCUT2D eigenvalue weighted by atomic mass is 10.1. The number of halogens is 2. The molecule has 4 heteroatoms. The van der Waals surface area contributed by atoms with E-state index in [4.69, 9.17) is 33.7 Å². The van der Waals surface area contributed by atoms with E-state index in [1.54, 1.807) is 18.2 Å². The Balaban J connectivity index is 2.07. The molecule has 2 aromatic carbocycles. The van der Waals surface area contributed by atoms with Crippen molar-refractivity contribution in [3.63, 3.8) is 0 Å². The van der Waals surface area contributed by atoms with Crippen LogP contribution in [0.2, 0.25) is 10.0 Å². The van der Waals surface area contributed by atoms with E-state index in [0.717, 1.165) is 12.0 Å². The molecule has 0 aliphatic carbocycles. The van der Waals surface area contributed by atoms with Crippen LogP contribution < -0.4 is 10.5 Å². The van der Waals surface area contributed by atoms with Crippen LogP contribution in [0.25, 0.3) is 0 Å². The lowest BCUT2D eigenvalue weighted by molar-refractivity contribution is 0.305. The Morgan fingerprint density at radius 1 is 0.947 bits per heavy atom. The minimum Gasteiger partial charge on any atom is -0.489 e. The molecule has 0 saturated carbocycles. The average Bonchev–Trinajstić information content (AvgIpc) is 2.42. The molecule has 0 saturated heterocycles. The van der Waals surface area contributed by atoms with Crippen LogP contribution in [0.5, 0.6) is 5.75 Å². The molecule has 0 spiro atoms. The van der Waals surface area contributed by atoms with E-state index < -0.39 is 0 Å². The molecule has 0 aromatic heterocycles. The summed E-state index contributed by atoms with van der Waals surface area (Å²) in [5, 5.41) is 1.02. The lowest BCUT2D eigenvalue weighted by Gasteiger charge is -2.11. The maximum absolute atomic E-state index is 5.95. The summed E-state index contributed by atoms with van der Waals surface area (Å²) in [6, 6.07) is 13.4. The normalized spacial score (nSPS) is 10.5. The first-order valence-corrected chi connectivity index (χ1v) is 6.81. The molecule has 0 atom stereocenters. The molecule has 2 N–H and O–H groups in total. The first-order chi connectivity index (χ1) is 9.20. The summed E-state index contributed by atoms with van der Waals surface area (Å²) in [6.45, 7) is 1.12. The first kappa shape index (κ1) is 14.2. The predicted octanol–water partition coefficient (Wildman–Crippen LogP) is 4.07. The highest BCUT2D eigenvalue weighted by molar-refractivity contribution is 6.42. The molecule has 0 radical (unpaired) electrons. The van der Waals surface area contributed by atoms with Crippen LogP contribution in [-0.2, 0) is 13.0 Å². The van der Waals surface area contributed by atoms with Gasteiger partial charge in [-0.2, -0.15) is 0 Å². The van der Waals surface area contributed by atoms with Crippen LogP contribution in [0.15, 0.2) is 42.5 Å². The van der Waals surface area contributed by atoms with Gasteiger partial charge in [0.15, 0.2) is 0 Å². The number of hydrogen-bond donors (Lipinski definition) is 1. The molecule has 0 aliphatic heterocycles. The molecule has 0 fully saturated rings. The van der Waals surface area contributed by atoms with Crippen LogP contribution in [0.1, 0.15) is 11.1 Å². The van der Waals surface area contributed by atoms with Crippen molar-refractivity contribution < 1.29 is 4.74 Å². The van der Waals surface area contributed by atoms with Crippen LogP contribution in [0.3, 0.4) is 0 Å². The molecule has 0 aliphatic rings. The highest BCUT2D eigenvalue weighted by Crippen LogP contribution is 2.27. The summed E-state index contributed by atoms with van der Waals surface area (Å²) >= 11 is 11.8. The van der Waals surface area contributed by atoms with Gasteiger partial charge in [0.1, 0.15) is 12.4 Å². The van der Waals surface area contributed by atoms with E-state index >= 15 is 0 Å². The second-order valence-electron chi connectivity index (χ2n) is 4.17. The third-order valence-corrected chi connectivity index (χ3v) is 3.56. The molecule has 0 amide bonds. The lowest BCUT2D eigenvalue weighted by Crippen LogP contribution is -2.06. The van der Waals surface area contributed by atoms with Gasteiger partial charge in [-0.1, -0.05) is 47.5 Å². The summed E-state index contributed by atoms with van der Waals surface area (Å²) in [5.74, 6) is 0.706. The van der Waals surface area contributed by atoms with Gasteiger partial charge in [-0.3, -0.25) is 0 Å². The van der Waals surface area contributed by atoms with Crippen molar-refractivity contribution in [2.24, 2.45) is 5.73 Å². The van der Waals surface area contributed by atoms with E-state index in [-0.39, 0.29) is 0 Å². The van der Waals surface area contributed by atoms with Crippen molar-refractivity contribution in [1.29, 1.82) is 0 Å². The van der Waals surface area contributed by atoms with Gasteiger partial charge in [-0.15, -0.1) is 0 Å². The molecule has 0 unspecified atom stereocenters. The molecule has 0 heterocycles. The Kier molecular flexibility index (Phi) is 5.08. The van der Waals surface area contributed by atoms with Gasteiger partial charge in [0.25, 0.3) is 0 Å². The van der Waals surface area contributed by atoms with Gasteiger partial charge < -0.3 is 10.5 Å². The van der Waals surface area contributed by atoms with Crippen LogP contribution >= 0.6 is 23.2 Å². The van der Waals surface area contributed by atoms with Crippen molar-refractivity contribution in [1.82, 2.24) is 0 Å². The summed E-state index contributed by atoms with van der Waals surface area (Å²) in [6.07, 6.45) is 0.848. The number of ether oxygens (including phenoxy) is 1. The van der Waals surface area contributed by atoms with Crippen LogP contribution in [0.4, 0.5) is 0 Å². The summed E-state index contributed by atoms with van der Waals surface area (Å²) in [5.41, 5.74) is 7.95. The predicted molar refractivity (Wildman–Crippen MR) is 80.0 cm³/mol. The highest BCUT2D eigenvalue weighted by Gasteiger charge is 2.04. The molecule has 100 valence electrons. The highest BCUT2D eigenvalue weighted by atomic mass is 35.5. The van der Waals surface area contributed by atoms with E-state index in [1.165, 1.54) is 5.56 Å². The monoisotopic (exact) mass is 295 g/mol. The maximum Gasteiger partial charge on any atom is 0.121 e. The summed E-state index contributed by atoms with van der Waals surface area (Å²) in [4.78, 5) is 0. The third kappa shape index (κ3) is 3.87. The Bertz CT molecular complexity index is 558. The molecule has 2 rings (SSSR count). The van der Waals surface area contributed by atoms with Crippen molar-refractivity contribution in [2.75, 3.05) is 6.54 Å². The fourth-order valence-electron chi connectivity index (χ4n) is 1.83. The second-order valence-corrected chi connectivity index (χ2v) is 4.99. The van der Waals surface area contributed by atoms with E-state index in [1.807, 2.05) is 18.2 Å². The zero-order valence-corrected chi connectivity index (χ0v) is 11.9. The molecule has 2 aromatic rings. The van der Waals surface area contributed by atoms with Crippen molar-refractivity contribution in [2.45, 2.75) is 13.0 Å². The van der Waals surface area contributed by atoms with Gasteiger partial charge in [0.05, 0.1) is 10.0 Å². The van der Waals surface area contributed by atoms with E-state index in [2.05, 4.69) is 6.07 Å². The topological polar surface area (TPSA) is 35.2 Å². The number of nitrogens with two attached hydrogens (primary N) is 1. The van der Waals surface area contributed by atoms with E-state index in [0.29, 0.717) is 28.9 Å². The largest absolute Gasteiger partial charge is 0.489 e. The Labute approximate surface area is 123 Å². The van der Waals surface area contributed by atoms with Crippen molar-refractivity contribution >= 4 is 23.2 Å². The Morgan fingerprint density at radius 3 is 2.37 bits per heavy atom. The number of rotatable bonds is 5. The number of benzene rings is 2. The smallest absolute Gasteiger partial charge is 0.121 e. The van der Waals surface area contributed by atoms with Gasteiger partial charge in [-0.05, 0) is 36.2 Å². The van der Waals surface area contributed by atoms with Crippen LogP contribution in [0, 0.1) is 0 Å². The molecular formula is C15H15Cl2NO. The molecule has 0 bridgehead atoms. The zero-order chi connectivity index (χ0) is 13.7. The SMILES string of the molecule is NCCc1ccccc1COc1ccc(Cl)c(Cl)c1. The van der Waals surface area contributed by atoms with Gasteiger partial charge >= 0.3 is 0 Å². The Hall–Kier alpha value is -1.22. The fraction of sp³-hybridized carbons (Fsp3) is 0.200. The molecule has 19 heavy (non-hydrogen) atoms. The Morgan fingerprint density at radius 2 is 1.68 bits per heavy atom.